The SMILES string of the molecule is c1ccc(-c2cccc(-c3cc(-n4c5ccccc5c5ccccc54)nc(-c4cccc(-c5cccc6cccc(-c7ccc(C89CC%10CC(CC(C%10)C8)C9)cc7)c56)c4)n3)c2)cc1. The maximum absolute atomic E-state index is 5.44. The van der Waals surface area contributed by atoms with Gasteiger partial charge in [-0.3, -0.25) is 4.57 Å². The van der Waals surface area contributed by atoms with Crippen LogP contribution in [0, 0.1) is 17.8 Å². The van der Waals surface area contributed by atoms with E-state index >= 15 is 0 Å². The van der Waals surface area contributed by atoms with Crippen molar-refractivity contribution in [2.24, 2.45) is 17.8 Å². The summed E-state index contributed by atoms with van der Waals surface area (Å²) < 4.78 is 2.30. The molecule has 0 radical (unpaired) electrons. The van der Waals surface area contributed by atoms with Gasteiger partial charge < -0.3 is 0 Å². The maximum atomic E-state index is 5.44. The van der Waals surface area contributed by atoms with E-state index in [4.69, 9.17) is 9.97 Å². The fourth-order valence-corrected chi connectivity index (χ4v) is 12.6. The number of fused-ring (bicyclic) bond motifs is 4. The molecule has 8 aromatic carbocycles. The highest BCUT2D eigenvalue weighted by Crippen LogP contribution is 2.61. The largest absolute Gasteiger partial charge is 0.294 e. The maximum Gasteiger partial charge on any atom is 0.162 e. The zero-order chi connectivity index (χ0) is 41.5. The molecule has 3 nitrogen and oxygen atoms in total. The number of aromatic nitrogens is 3. The molecule has 0 unspecified atom stereocenters. The first-order chi connectivity index (χ1) is 31.1. The molecule has 4 aliphatic rings. The second-order valence-corrected chi connectivity index (χ2v) is 18.8. The van der Waals surface area contributed by atoms with E-state index in [1.165, 1.54) is 82.3 Å². The molecule has 302 valence electrons. The van der Waals surface area contributed by atoms with Crippen LogP contribution in [-0.4, -0.2) is 14.5 Å². The number of hydrogen-bond acceptors (Lipinski definition) is 2. The molecule has 3 heteroatoms. The molecule has 10 aromatic rings. The van der Waals surface area contributed by atoms with Crippen LogP contribution >= 0.6 is 0 Å². The highest BCUT2D eigenvalue weighted by Gasteiger charge is 2.51. The molecule has 0 aliphatic heterocycles. The third kappa shape index (κ3) is 6.16. The first-order valence-electron chi connectivity index (χ1n) is 22.9. The van der Waals surface area contributed by atoms with Crippen LogP contribution in [0.25, 0.3) is 94.4 Å². The summed E-state index contributed by atoms with van der Waals surface area (Å²) in [7, 11) is 0. The van der Waals surface area contributed by atoms with Gasteiger partial charge in [-0.1, -0.05) is 164 Å². The minimum Gasteiger partial charge on any atom is -0.294 e. The third-order valence-electron chi connectivity index (χ3n) is 15.0. The zero-order valence-corrected chi connectivity index (χ0v) is 35.3. The van der Waals surface area contributed by atoms with Gasteiger partial charge in [0.2, 0.25) is 0 Å². The average Bonchev–Trinajstić information content (AvgIpc) is 3.68. The van der Waals surface area contributed by atoms with Gasteiger partial charge in [0, 0.05) is 28.0 Å². The Morgan fingerprint density at radius 2 is 0.952 bits per heavy atom. The molecule has 2 heterocycles. The lowest BCUT2D eigenvalue weighted by atomic mass is 9.48. The summed E-state index contributed by atoms with van der Waals surface area (Å²) in [5, 5.41) is 4.93. The van der Waals surface area contributed by atoms with Crippen molar-refractivity contribution in [1.82, 2.24) is 14.5 Å². The molecule has 4 bridgehead atoms. The van der Waals surface area contributed by atoms with Crippen LogP contribution in [0.1, 0.15) is 44.1 Å². The van der Waals surface area contributed by atoms with Crippen molar-refractivity contribution in [3.63, 3.8) is 0 Å². The zero-order valence-electron chi connectivity index (χ0n) is 35.3. The second-order valence-electron chi connectivity index (χ2n) is 18.8. The molecule has 2 aromatic heterocycles. The van der Waals surface area contributed by atoms with E-state index in [0.29, 0.717) is 11.2 Å². The highest BCUT2D eigenvalue weighted by molar-refractivity contribution is 6.09. The van der Waals surface area contributed by atoms with Gasteiger partial charge in [-0.2, -0.15) is 0 Å². The molecule has 4 saturated carbocycles. The predicted molar refractivity (Wildman–Crippen MR) is 261 cm³/mol. The van der Waals surface area contributed by atoms with E-state index in [0.717, 1.165) is 62.6 Å². The average molecular weight is 810 g/mol. The fourth-order valence-electron chi connectivity index (χ4n) is 12.6. The van der Waals surface area contributed by atoms with Crippen LogP contribution in [0.4, 0.5) is 0 Å². The Hall–Kier alpha value is -7.10. The summed E-state index contributed by atoms with van der Waals surface area (Å²) in [6, 6.07) is 70.9. The van der Waals surface area contributed by atoms with E-state index in [1.54, 1.807) is 5.56 Å². The van der Waals surface area contributed by atoms with Gasteiger partial charge >= 0.3 is 0 Å². The van der Waals surface area contributed by atoms with Crippen molar-refractivity contribution in [1.29, 1.82) is 0 Å². The smallest absolute Gasteiger partial charge is 0.162 e. The normalized spacial score (nSPS) is 20.2. The first-order valence-corrected chi connectivity index (χ1v) is 22.9. The molecular formula is C60H47N3. The van der Waals surface area contributed by atoms with Gasteiger partial charge in [-0.05, 0) is 136 Å². The lowest BCUT2D eigenvalue weighted by Crippen LogP contribution is -2.48. The molecular weight excluding hydrogens is 763 g/mol. The standard InChI is InChI=1S/C60H47N3/c1-2-12-42(13-3-1)45-16-8-18-47(33-45)54-35-57(63-55-24-6-4-20-52(55)53-21-5-7-25-56(53)63)62-59(61-54)48-19-9-17-46(34-48)51-23-11-15-44-14-10-22-50(58(44)51)43-26-28-49(29-27-43)60-36-39-30-40(37-60)32-41(31-39)38-60/h1-29,33-35,39-41H,30-32,36-38H2. The van der Waals surface area contributed by atoms with Crippen LogP contribution < -0.4 is 0 Å². The van der Waals surface area contributed by atoms with Gasteiger partial charge in [-0.25, -0.2) is 9.97 Å². The number of hydrogen-bond donors (Lipinski definition) is 0. The summed E-state index contributed by atoms with van der Waals surface area (Å²) >= 11 is 0. The minimum atomic E-state index is 0.392. The van der Waals surface area contributed by atoms with E-state index < -0.39 is 0 Å². The third-order valence-corrected chi connectivity index (χ3v) is 15.0. The Morgan fingerprint density at radius 1 is 0.413 bits per heavy atom. The number of nitrogens with zero attached hydrogens (tertiary/aromatic N) is 3. The van der Waals surface area contributed by atoms with Crippen molar-refractivity contribution in [3.05, 3.63) is 200 Å². The van der Waals surface area contributed by atoms with E-state index in [2.05, 4.69) is 199 Å². The minimum absolute atomic E-state index is 0.392. The lowest BCUT2D eigenvalue weighted by Gasteiger charge is -2.57. The van der Waals surface area contributed by atoms with Crippen molar-refractivity contribution < 1.29 is 0 Å². The van der Waals surface area contributed by atoms with Crippen LogP contribution in [-0.2, 0) is 5.41 Å². The van der Waals surface area contributed by atoms with Crippen molar-refractivity contribution in [2.75, 3.05) is 0 Å². The fraction of sp³-hybridized carbons (Fsp3) is 0.167. The van der Waals surface area contributed by atoms with Gasteiger partial charge in [0.1, 0.15) is 5.82 Å². The molecule has 0 saturated heterocycles. The van der Waals surface area contributed by atoms with Gasteiger partial charge in [0.15, 0.2) is 5.82 Å². The molecule has 63 heavy (non-hydrogen) atoms. The van der Waals surface area contributed by atoms with Crippen molar-refractivity contribution in [2.45, 2.75) is 43.9 Å². The van der Waals surface area contributed by atoms with E-state index in [1.807, 2.05) is 0 Å². The molecule has 0 N–H and O–H groups in total. The molecule has 4 fully saturated rings. The van der Waals surface area contributed by atoms with Crippen molar-refractivity contribution >= 4 is 32.6 Å². The predicted octanol–water partition coefficient (Wildman–Crippen LogP) is 15.5. The molecule has 0 amide bonds. The van der Waals surface area contributed by atoms with Crippen LogP contribution in [0.2, 0.25) is 0 Å². The summed E-state index contributed by atoms with van der Waals surface area (Å²) in [6.07, 6.45) is 8.58. The Balaban J connectivity index is 0.943. The van der Waals surface area contributed by atoms with E-state index in [9.17, 15) is 0 Å². The Bertz CT molecular complexity index is 3280. The number of para-hydroxylation sites is 2. The summed E-state index contributed by atoms with van der Waals surface area (Å²) in [5.41, 5.74) is 14.4. The lowest BCUT2D eigenvalue weighted by molar-refractivity contribution is -0.00518. The van der Waals surface area contributed by atoms with Gasteiger partial charge in [0.05, 0.1) is 16.7 Å². The molecule has 0 spiro atoms. The summed E-state index contributed by atoms with van der Waals surface area (Å²) in [4.78, 5) is 10.8. The number of rotatable bonds is 7. The summed E-state index contributed by atoms with van der Waals surface area (Å²) in [5.74, 6) is 4.34. The molecule has 14 rings (SSSR count). The topological polar surface area (TPSA) is 30.7 Å². The van der Waals surface area contributed by atoms with Gasteiger partial charge in [-0.15, -0.1) is 0 Å². The van der Waals surface area contributed by atoms with E-state index in [-0.39, 0.29) is 0 Å². The Kier molecular flexibility index (Phi) is 8.41. The second kappa shape index (κ2) is 14.5. The summed E-state index contributed by atoms with van der Waals surface area (Å²) in [6.45, 7) is 0. The van der Waals surface area contributed by atoms with Crippen LogP contribution in [0.15, 0.2) is 194 Å². The number of benzene rings is 8. The molecule has 0 atom stereocenters. The van der Waals surface area contributed by atoms with Crippen LogP contribution in [0.5, 0.6) is 0 Å². The monoisotopic (exact) mass is 809 g/mol. The Morgan fingerprint density at radius 3 is 1.63 bits per heavy atom. The van der Waals surface area contributed by atoms with Crippen LogP contribution in [0.3, 0.4) is 0 Å². The quantitative estimate of drug-likeness (QED) is 0.161. The van der Waals surface area contributed by atoms with Gasteiger partial charge in [0.25, 0.3) is 0 Å². The first kappa shape index (κ1) is 36.5. The highest BCUT2D eigenvalue weighted by atomic mass is 15.1. The van der Waals surface area contributed by atoms with Crippen molar-refractivity contribution in [3.8, 4) is 61.8 Å². The Labute approximate surface area is 368 Å². The molecule has 4 aliphatic carbocycles.